The number of hydrogen-bond acceptors (Lipinski definition) is 3. The van der Waals surface area contributed by atoms with Crippen LogP contribution in [0.4, 0.5) is 4.39 Å². The molecule has 0 bridgehead atoms. The predicted molar refractivity (Wildman–Crippen MR) is 99.5 cm³/mol. The van der Waals surface area contributed by atoms with Gasteiger partial charge in [0.25, 0.3) is 5.91 Å². The summed E-state index contributed by atoms with van der Waals surface area (Å²) in [5, 5.41) is 6.53. The molecule has 2 heterocycles. The molecule has 2 aliphatic heterocycles. The normalized spacial score (nSPS) is 19.0. The van der Waals surface area contributed by atoms with Crippen LogP contribution in [0.5, 0.6) is 0 Å². The maximum absolute atomic E-state index is 13.9. The van der Waals surface area contributed by atoms with Gasteiger partial charge in [-0.25, -0.2) is 4.39 Å². The van der Waals surface area contributed by atoms with Gasteiger partial charge in [-0.15, -0.1) is 0 Å². The average molecular weight is 356 g/mol. The predicted octanol–water partition coefficient (Wildman–Crippen LogP) is 3.23. The molecule has 0 saturated carbocycles. The van der Waals surface area contributed by atoms with E-state index in [0.717, 1.165) is 36.3 Å². The molecular weight excluding hydrogens is 335 g/mol. The summed E-state index contributed by atoms with van der Waals surface area (Å²) in [6.07, 6.45) is 1.84. The average Bonchev–Trinajstić information content (AvgIpc) is 2.65. The van der Waals surface area contributed by atoms with Crippen molar-refractivity contribution in [1.29, 1.82) is 0 Å². The third kappa shape index (κ3) is 3.44. The Morgan fingerprint density at radius 1 is 1.24 bits per heavy atom. The minimum absolute atomic E-state index is 0.165. The maximum atomic E-state index is 13.9. The molecule has 0 radical (unpaired) electrons. The number of carbonyl (C=O) groups excluding carboxylic acids is 1. The van der Waals surface area contributed by atoms with E-state index in [4.69, 9.17) is 0 Å². The lowest BCUT2D eigenvalue weighted by Gasteiger charge is -2.26. The molecular formula is C20H21FN2OS. The first-order valence-corrected chi connectivity index (χ1v) is 9.77. The molecule has 5 heteroatoms. The monoisotopic (exact) mass is 356 g/mol. The van der Waals surface area contributed by atoms with E-state index in [-0.39, 0.29) is 17.0 Å². The van der Waals surface area contributed by atoms with Gasteiger partial charge >= 0.3 is 0 Å². The smallest absolute Gasteiger partial charge is 0.251 e. The molecule has 3 nitrogen and oxygen atoms in total. The van der Waals surface area contributed by atoms with Gasteiger partial charge in [0.1, 0.15) is 5.82 Å². The summed E-state index contributed by atoms with van der Waals surface area (Å²) >= 11 is 1.88. The molecule has 130 valence electrons. The molecule has 4 rings (SSSR count). The Morgan fingerprint density at radius 3 is 3.04 bits per heavy atom. The Labute approximate surface area is 151 Å². The first-order chi connectivity index (χ1) is 12.2. The van der Waals surface area contributed by atoms with E-state index in [1.807, 2.05) is 11.8 Å². The zero-order chi connectivity index (χ0) is 17.2. The minimum atomic E-state index is -0.343. The highest BCUT2D eigenvalue weighted by molar-refractivity contribution is 7.99. The summed E-state index contributed by atoms with van der Waals surface area (Å²) in [4.78, 5) is 12.7. The van der Waals surface area contributed by atoms with Gasteiger partial charge in [0, 0.05) is 23.9 Å². The number of nitrogens with one attached hydrogen (secondary N) is 2. The van der Waals surface area contributed by atoms with E-state index < -0.39 is 0 Å². The van der Waals surface area contributed by atoms with Crippen LogP contribution >= 0.6 is 11.8 Å². The molecule has 0 aromatic heterocycles. The van der Waals surface area contributed by atoms with Gasteiger partial charge < -0.3 is 10.6 Å². The molecule has 0 saturated heterocycles. The quantitative estimate of drug-likeness (QED) is 0.887. The van der Waals surface area contributed by atoms with Crippen molar-refractivity contribution in [2.75, 3.05) is 18.8 Å². The molecule has 25 heavy (non-hydrogen) atoms. The maximum Gasteiger partial charge on any atom is 0.251 e. The van der Waals surface area contributed by atoms with Crippen LogP contribution < -0.4 is 10.6 Å². The lowest BCUT2D eigenvalue weighted by Crippen LogP contribution is -2.32. The molecule has 2 N–H and O–H groups in total. The van der Waals surface area contributed by atoms with Crippen LogP contribution in [-0.2, 0) is 19.4 Å². The van der Waals surface area contributed by atoms with Gasteiger partial charge in [-0.05, 0) is 59.5 Å². The highest BCUT2D eigenvalue weighted by Crippen LogP contribution is 2.36. The van der Waals surface area contributed by atoms with Crippen molar-refractivity contribution in [3.8, 4) is 0 Å². The number of carbonyl (C=O) groups is 1. The zero-order valence-electron chi connectivity index (χ0n) is 14.0. The van der Waals surface area contributed by atoms with Gasteiger partial charge in [-0.1, -0.05) is 24.3 Å². The van der Waals surface area contributed by atoms with E-state index in [0.29, 0.717) is 18.7 Å². The summed E-state index contributed by atoms with van der Waals surface area (Å²) in [5.74, 6) is 0.560. The van der Waals surface area contributed by atoms with Crippen LogP contribution in [0.15, 0.2) is 36.4 Å². The van der Waals surface area contributed by atoms with Crippen LogP contribution in [0.2, 0.25) is 0 Å². The second kappa shape index (κ2) is 7.18. The van der Waals surface area contributed by atoms with Crippen molar-refractivity contribution in [1.82, 2.24) is 10.6 Å². The van der Waals surface area contributed by atoms with Crippen molar-refractivity contribution in [2.45, 2.75) is 24.6 Å². The van der Waals surface area contributed by atoms with E-state index in [1.165, 1.54) is 23.3 Å². The Morgan fingerprint density at radius 2 is 2.12 bits per heavy atom. The fourth-order valence-corrected chi connectivity index (χ4v) is 4.94. The summed E-state index contributed by atoms with van der Waals surface area (Å²) in [5.41, 5.74) is 5.05. The lowest BCUT2D eigenvalue weighted by atomic mass is 9.94. The molecule has 0 spiro atoms. The number of rotatable bonds is 3. The number of hydrogen-bond donors (Lipinski definition) is 2. The first-order valence-electron chi connectivity index (χ1n) is 8.72. The number of thioether (sulfide) groups is 1. The molecule has 1 unspecified atom stereocenters. The molecule has 2 aromatic carbocycles. The van der Waals surface area contributed by atoms with Crippen molar-refractivity contribution < 1.29 is 9.18 Å². The Bertz CT molecular complexity index is 808. The molecule has 1 amide bonds. The standard InChI is InChI=1S/C20H21FN2OS/c21-15-9-14-11-22-7-5-16(14)18(10-15)20(24)23-12-19-17-4-2-1-3-13(17)6-8-25-19/h1-4,9-10,19,22H,5-8,11-12H2,(H,23,24). The summed E-state index contributed by atoms with van der Waals surface area (Å²) in [7, 11) is 0. The van der Waals surface area contributed by atoms with Crippen LogP contribution in [0.25, 0.3) is 0 Å². The van der Waals surface area contributed by atoms with Crippen LogP contribution in [0.3, 0.4) is 0 Å². The minimum Gasteiger partial charge on any atom is -0.351 e. The topological polar surface area (TPSA) is 41.1 Å². The number of amides is 1. The van der Waals surface area contributed by atoms with Crippen molar-refractivity contribution in [2.24, 2.45) is 0 Å². The van der Waals surface area contributed by atoms with Crippen LogP contribution in [0, 0.1) is 5.82 Å². The van der Waals surface area contributed by atoms with Crippen molar-refractivity contribution in [3.05, 3.63) is 70.0 Å². The number of fused-ring (bicyclic) bond motifs is 2. The zero-order valence-corrected chi connectivity index (χ0v) is 14.8. The molecule has 0 aliphatic carbocycles. The van der Waals surface area contributed by atoms with E-state index in [1.54, 1.807) is 0 Å². The van der Waals surface area contributed by atoms with Gasteiger partial charge in [-0.3, -0.25) is 4.79 Å². The van der Waals surface area contributed by atoms with Gasteiger partial charge in [0.2, 0.25) is 0 Å². The second-order valence-corrected chi connectivity index (χ2v) is 7.85. The molecule has 2 aromatic rings. The highest BCUT2D eigenvalue weighted by Gasteiger charge is 2.23. The summed E-state index contributed by atoms with van der Waals surface area (Å²) in [6.45, 7) is 2.02. The third-order valence-electron chi connectivity index (χ3n) is 4.96. The van der Waals surface area contributed by atoms with E-state index in [9.17, 15) is 9.18 Å². The Kier molecular flexibility index (Phi) is 4.77. The Balaban J connectivity index is 1.51. The summed E-state index contributed by atoms with van der Waals surface area (Å²) < 4.78 is 13.9. The first kappa shape index (κ1) is 16.6. The highest BCUT2D eigenvalue weighted by atomic mass is 32.2. The van der Waals surface area contributed by atoms with Crippen LogP contribution in [-0.4, -0.2) is 24.7 Å². The fraction of sp³-hybridized carbons (Fsp3) is 0.350. The fourth-order valence-electron chi connectivity index (χ4n) is 3.71. The lowest BCUT2D eigenvalue weighted by molar-refractivity contribution is 0.0952. The van der Waals surface area contributed by atoms with E-state index in [2.05, 4.69) is 34.9 Å². The van der Waals surface area contributed by atoms with E-state index >= 15 is 0 Å². The summed E-state index contributed by atoms with van der Waals surface area (Å²) in [6, 6.07) is 11.3. The SMILES string of the molecule is O=C(NCC1SCCc2ccccc21)c1cc(F)cc2c1CCNC2. The van der Waals surface area contributed by atoms with Crippen LogP contribution in [0.1, 0.15) is 37.9 Å². The largest absolute Gasteiger partial charge is 0.351 e. The second-order valence-electron chi connectivity index (χ2n) is 6.54. The molecule has 2 aliphatic rings. The van der Waals surface area contributed by atoms with Gasteiger partial charge in [0.15, 0.2) is 0 Å². The molecule has 0 fully saturated rings. The van der Waals surface area contributed by atoms with Crippen molar-refractivity contribution >= 4 is 17.7 Å². The number of halogens is 1. The number of benzene rings is 2. The third-order valence-corrected chi connectivity index (χ3v) is 6.22. The van der Waals surface area contributed by atoms with Crippen molar-refractivity contribution in [3.63, 3.8) is 0 Å². The molecule has 1 atom stereocenters. The van der Waals surface area contributed by atoms with Gasteiger partial charge in [-0.2, -0.15) is 11.8 Å². The van der Waals surface area contributed by atoms with Gasteiger partial charge in [0.05, 0.1) is 0 Å². The number of aryl methyl sites for hydroxylation is 1. The Hall–Kier alpha value is -1.85.